The minimum absolute atomic E-state index is 0.870. The number of hydrogen-bond donors (Lipinski definition) is 0. The first-order valence-corrected chi connectivity index (χ1v) is 18.5. The van der Waals surface area contributed by atoms with E-state index in [1.165, 1.54) is 65.3 Å². The SMILES string of the molecule is c1ccc(-c2cccc(N(c3ccc(-c4ccc5c(ccc6ccc7ccccc7c65)c4)cc3)c3ccc4c(c3)oc3cc5ccccc5cc34)c2)cc1. The third kappa shape index (κ3) is 5.03. The van der Waals surface area contributed by atoms with E-state index in [0.29, 0.717) is 0 Å². The zero-order chi connectivity index (χ0) is 35.6. The fourth-order valence-corrected chi connectivity index (χ4v) is 8.31. The van der Waals surface area contributed by atoms with E-state index >= 15 is 0 Å². The Bertz CT molecular complexity index is 3210. The van der Waals surface area contributed by atoms with Gasteiger partial charge in [-0.05, 0) is 120 Å². The Hall–Kier alpha value is -7.16. The molecule has 11 aromatic rings. The predicted octanol–water partition coefficient (Wildman–Crippen LogP) is 15.0. The second-order valence-electron chi connectivity index (χ2n) is 14.2. The molecular weight excluding hydrogens is 655 g/mol. The highest BCUT2D eigenvalue weighted by molar-refractivity contribution is 6.20. The van der Waals surface area contributed by atoms with Gasteiger partial charge in [0.1, 0.15) is 11.2 Å². The maximum absolute atomic E-state index is 6.55. The van der Waals surface area contributed by atoms with Crippen LogP contribution in [0, 0.1) is 0 Å². The molecule has 252 valence electrons. The minimum atomic E-state index is 0.870. The Morgan fingerprint density at radius 2 is 0.852 bits per heavy atom. The molecule has 0 N–H and O–H groups in total. The fourth-order valence-electron chi connectivity index (χ4n) is 8.31. The van der Waals surface area contributed by atoms with Crippen molar-refractivity contribution >= 4 is 82.1 Å². The van der Waals surface area contributed by atoms with Crippen LogP contribution in [-0.2, 0) is 0 Å². The van der Waals surface area contributed by atoms with E-state index in [4.69, 9.17) is 4.42 Å². The third-order valence-electron chi connectivity index (χ3n) is 11.0. The lowest BCUT2D eigenvalue weighted by molar-refractivity contribution is 0.669. The molecule has 2 heteroatoms. The molecular formula is C52H33NO. The van der Waals surface area contributed by atoms with Gasteiger partial charge >= 0.3 is 0 Å². The monoisotopic (exact) mass is 687 g/mol. The van der Waals surface area contributed by atoms with E-state index in [2.05, 4.69) is 205 Å². The Morgan fingerprint density at radius 1 is 0.278 bits per heavy atom. The molecule has 0 spiro atoms. The lowest BCUT2D eigenvalue weighted by Gasteiger charge is -2.26. The van der Waals surface area contributed by atoms with Crippen molar-refractivity contribution in [2.24, 2.45) is 0 Å². The van der Waals surface area contributed by atoms with Crippen LogP contribution in [0.4, 0.5) is 17.1 Å². The molecule has 1 heterocycles. The summed E-state index contributed by atoms with van der Waals surface area (Å²) in [6.45, 7) is 0. The zero-order valence-electron chi connectivity index (χ0n) is 29.4. The van der Waals surface area contributed by atoms with Crippen LogP contribution in [0.1, 0.15) is 0 Å². The number of hydrogen-bond acceptors (Lipinski definition) is 2. The number of benzene rings is 10. The summed E-state index contributed by atoms with van der Waals surface area (Å²) in [6, 6.07) is 72.3. The van der Waals surface area contributed by atoms with Gasteiger partial charge in [0.15, 0.2) is 0 Å². The van der Waals surface area contributed by atoms with Crippen molar-refractivity contribution in [1.82, 2.24) is 0 Å². The molecule has 1 aromatic heterocycles. The highest BCUT2D eigenvalue weighted by Crippen LogP contribution is 2.41. The van der Waals surface area contributed by atoms with Crippen LogP contribution in [0.5, 0.6) is 0 Å². The van der Waals surface area contributed by atoms with Gasteiger partial charge in [0.25, 0.3) is 0 Å². The largest absolute Gasteiger partial charge is 0.456 e. The fraction of sp³-hybridized carbons (Fsp3) is 0. The van der Waals surface area contributed by atoms with Crippen LogP contribution in [0.15, 0.2) is 205 Å². The summed E-state index contributed by atoms with van der Waals surface area (Å²) in [5.74, 6) is 0. The van der Waals surface area contributed by atoms with E-state index < -0.39 is 0 Å². The highest BCUT2D eigenvalue weighted by Gasteiger charge is 2.17. The first-order chi connectivity index (χ1) is 26.7. The lowest BCUT2D eigenvalue weighted by atomic mass is 9.94. The van der Waals surface area contributed by atoms with Gasteiger partial charge in [-0.2, -0.15) is 0 Å². The highest BCUT2D eigenvalue weighted by atomic mass is 16.3. The minimum Gasteiger partial charge on any atom is -0.456 e. The molecule has 0 aliphatic carbocycles. The molecule has 0 bridgehead atoms. The molecule has 0 fully saturated rings. The first-order valence-electron chi connectivity index (χ1n) is 18.5. The van der Waals surface area contributed by atoms with Gasteiger partial charge in [-0.3, -0.25) is 0 Å². The van der Waals surface area contributed by atoms with E-state index in [9.17, 15) is 0 Å². The average Bonchev–Trinajstić information content (AvgIpc) is 3.59. The van der Waals surface area contributed by atoms with Gasteiger partial charge in [0, 0.05) is 33.9 Å². The van der Waals surface area contributed by atoms with Gasteiger partial charge in [0.2, 0.25) is 0 Å². The van der Waals surface area contributed by atoms with Crippen molar-refractivity contribution < 1.29 is 4.42 Å². The normalized spacial score (nSPS) is 11.7. The van der Waals surface area contributed by atoms with Crippen molar-refractivity contribution in [3.05, 3.63) is 200 Å². The number of rotatable bonds is 5. The Kier molecular flexibility index (Phi) is 6.90. The molecule has 10 aromatic carbocycles. The van der Waals surface area contributed by atoms with Crippen LogP contribution in [0.25, 0.3) is 87.3 Å². The smallest absolute Gasteiger partial charge is 0.137 e. The summed E-state index contributed by atoms with van der Waals surface area (Å²) in [5, 5.41) is 12.3. The van der Waals surface area contributed by atoms with Crippen LogP contribution < -0.4 is 4.90 Å². The molecule has 54 heavy (non-hydrogen) atoms. The van der Waals surface area contributed by atoms with Gasteiger partial charge in [-0.15, -0.1) is 0 Å². The first kappa shape index (κ1) is 30.5. The van der Waals surface area contributed by atoms with Crippen molar-refractivity contribution in [2.45, 2.75) is 0 Å². The van der Waals surface area contributed by atoms with Crippen LogP contribution in [0.3, 0.4) is 0 Å². The van der Waals surface area contributed by atoms with E-state index in [1.807, 2.05) is 0 Å². The Morgan fingerprint density at radius 3 is 1.70 bits per heavy atom. The molecule has 0 atom stereocenters. The van der Waals surface area contributed by atoms with Gasteiger partial charge < -0.3 is 9.32 Å². The zero-order valence-corrected chi connectivity index (χ0v) is 29.4. The van der Waals surface area contributed by atoms with E-state index in [0.717, 1.165) is 39.0 Å². The number of nitrogens with zero attached hydrogens (tertiary/aromatic N) is 1. The standard InChI is InChI=1S/C52H33NO/c1-2-9-34(10-3-1)38-14-8-15-44(30-38)53(45-26-28-48-49-31-39-12-4-5-13-40(39)32-50(49)54-51(48)33-45)43-24-21-35(22-25-43)41-23-27-47-42(29-41)20-19-37-18-17-36-11-6-7-16-46(36)52(37)47/h1-33H. The maximum Gasteiger partial charge on any atom is 0.137 e. The van der Waals surface area contributed by atoms with Crippen molar-refractivity contribution in [1.29, 1.82) is 0 Å². The topological polar surface area (TPSA) is 16.4 Å². The third-order valence-corrected chi connectivity index (χ3v) is 11.0. The molecule has 2 nitrogen and oxygen atoms in total. The second-order valence-corrected chi connectivity index (χ2v) is 14.2. The number of fused-ring (bicyclic) bond motifs is 9. The molecule has 0 saturated heterocycles. The van der Waals surface area contributed by atoms with E-state index in [-0.39, 0.29) is 0 Å². The molecule has 0 aliphatic rings. The van der Waals surface area contributed by atoms with Crippen molar-refractivity contribution in [2.75, 3.05) is 4.90 Å². The molecule has 0 unspecified atom stereocenters. The van der Waals surface area contributed by atoms with Crippen molar-refractivity contribution in [3.63, 3.8) is 0 Å². The molecule has 11 rings (SSSR count). The quantitative estimate of drug-likeness (QED) is 0.168. The summed E-state index contributed by atoms with van der Waals surface area (Å²) in [7, 11) is 0. The summed E-state index contributed by atoms with van der Waals surface area (Å²) < 4.78 is 6.55. The summed E-state index contributed by atoms with van der Waals surface area (Å²) in [5.41, 5.74) is 9.69. The van der Waals surface area contributed by atoms with Crippen LogP contribution in [-0.4, -0.2) is 0 Å². The molecule has 0 aliphatic heterocycles. The van der Waals surface area contributed by atoms with Crippen LogP contribution >= 0.6 is 0 Å². The van der Waals surface area contributed by atoms with Crippen molar-refractivity contribution in [3.8, 4) is 22.3 Å². The van der Waals surface area contributed by atoms with Gasteiger partial charge in [-0.1, -0.05) is 140 Å². The Labute approximate surface area is 312 Å². The molecule has 0 radical (unpaired) electrons. The maximum atomic E-state index is 6.55. The van der Waals surface area contributed by atoms with Gasteiger partial charge in [0.05, 0.1) is 0 Å². The molecule has 0 saturated carbocycles. The predicted molar refractivity (Wildman–Crippen MR) is 229 cm³/mol. The molecule has 0 amide bonds. The summed E-state index contributed by atoms with van der Waals surface area (Å²) in [4.78, 5) is 2.33. The second kappa shape index (κ2) is 12.2. The van der Waals surface area contributed by atoms with Gasteiger partial charge in [-0.25, -0.2) is 0 Å². The summed E-state index contributed by atoms with van der Waals surface area (Å²) in [6.07, 6.45) is 0. The number of anilines is 3. The van der Waals surface area contributed by atoms with Crippen LogP contribution in [0.2, 0.25) is 0 Å². The Balaban J connectivity index is 1.03. The average molecular weight is 688 g/mol. The van der Waals surface area contributed by atoms with E-state index in [1.54, 1.807) is 0 Å². The summed E-state index contributed by atoms with van der Waals surface area (Å²) >= 11 is 0. The lowest BCUT2D eigenvalue weighted by Crippen LogP contribution is -2.10. The number of furan rings is 1.